The van der Waals surface area contributed by atoms with Crippen LogP contribution in [0.5, 0.6) is 11.5 Å². The van der Waals surface area contributed by atoms with Crippen LogP contribution in [0.1, 0.15) is 37.7 Å². The summed E-state index contributed by atoms with van der Waals surface area (Å²) in [5.41, 5.74) is 1.08. The molecule has 0 radical (unpaired) electrons. The molecule has 0 saturated heterocycles. The van der Waals surface area contributed by atoms with E-state index in [9.17, 15) is 13.2 Å². The third-order valence-corrected chi connectivity index (χ3v) is 5.23. The van der Waals surface area contributed by atoms with E-state index in [0.717, 1.165) is 37.2 Å². The van der Waals surface area contributed by atoms with Gasteiger partial charge in [0.2, 0.25) is 0 Å². The summed E-state index contributed by atoms with van der Waals surface area (Å²) in [5.74, 6) is 1.91. The Morgan fingerprint density at radius 3 is 2.48 bits per heavy atom. The first-order valence-electron chi connectivity index (χ1n) is 9.33. The van der Waals surface area contributed by atoms with Gasteiger partial charge in [-0.15, -0.1) is 0 Å². The van der Waals surface area contributed by atoms with Crippen molar-refractivity contribution in [2.45, 2.75) is 43.7 Å². The van der Waals surface area contributed by atoms with E-state index in [1.54, 1.807) is 7.05 Å². The number of aliphatic imine (C=N–C) groups is 1. The third kappa shape index (κ3) is 4.99. The van der Waals surface area contributed by atoms with E-state index >= 15 is 0 Å². The Morgan fingerprint density at radius 2 is 1.81 bits per heavy atom. The number of rotatable bonds is 5. The van der Waals surface area contributed by atoms with Crippen molar-refractivity contribution >= 4 is 5.96 Å². The lowest BCUT2D eigenvalue weighted by Crippen LogP contribution is -2.45. The highest BCUT2D eigenvalue weighted by molar-refractivity contribution is 5.79. The van der Waals surface area contributed by atoms with Gasteiger partial charge in [-0.1, -0.05) is 18.9 Å². The van der Waals surface area contributed by atoms with Crippen LogP contribution in [0, 0.1) is 0 Å². The molecule has 1 fully saturated rings. The van der Waals surface area contributed by atoms with Gasteiger partial charge in [0.25, 0.3) is 0 Å². The predicted molar refractivity (Wildman–Crippen MR) is 97.6 cm³/mol. The monoisotopic (exact) mass is 385 g/mol. The minimum absolute atomic E-state index is 0.0858. The minimum atomic E-state index is -4.18. The first kappa shape index (κ1) is 19.6. The molecule has 0 bridgehead atoms. The molecule has 2 aliphatic rings. The number of benzene rings is 1. The minimum Gasteiger partial charge on any atom is -0.486 e. The Kier molecular flexibility index (Phi) is 6.01. The molecule has 1 aromatic rings. The average Bonchev–Trinajstić information content (AvgIpc) is 3.13. The molecule has 1 saturated carbocycles. The standard InChI is InChI=1S/C19H26F3N3O2/c1-23-17(24-9-8-19(20,21)22)25-13-18(6-2-3-7-18)14-4-5-15-16(12-14)27-11-10-26-15/h4-5,12H,2-3,6-11,13H2,1H3,(H2,23,24,25). The van der Waals surface area contributed by atoms with E-state index in [1.807, 2.05) is 12.1 Å². The van der Waals surface area contributed by atoms with Crippen molar-refractivity contribution < 1.29 is 22.6 Å². The summed E-state index contributed by atoms with van der Waals surface area (Å²) >= 11 is 0. The Labute approximate surface area is 157 Å². The molecular weight excluding hydrogens is 359 g/mol. The maximum absolute atomic E-state index is 12.3. The second-order valence-corrected chi connectivity index (χ2v) is 7.06. The largest absolute Gasteiger partial charge is 0.486 e. The van der Waals surface area contributed by atoms with Crippen LogP contribution < -0.4 is 20.1 Å². The van der Waals surface area contributed by atoms with E-state index in [-0.39, 0.29) is 12.0 Å². The molecule has 8 heteroatoms. The van der Waals surface area contributed by atoms with Gasteiger partial charge >= 0.3 is 6.18 Å². The quantitative estimate of drug-likeness (QED) is 0.603. The van der Waals surface area contributed by atoms with Crippen LogP contribution in [0.4, 0.5) is 13.2 Å². The molecule has 150 valence electrons. The van der Waals surface area contributed by atoms with Gasteiger partial charge in [-0.25, -0.2) is 0 Å². The lowest BCUT2D eigenvalue weighted by atomic mass is 9.78. The van der Waals surface area contributed by atoms with Crippen molar-refractivity contribution in [2.75, 3.05) is 33.4 Å². The van der Waals surface area contributed by atoms with Crippen molar-refractivity contribution in [1.29, 1.82) is 0 Å². The molecule has 0 spiro atoms. The highest BCUT2D eigenvalue weighted by Gasteiger charge is 2.36. The van der Waals surface area contributed by atoms with Gasteiger partial charge in [0.05, 0.1) is 6.42 Å². The van der Waals surface area contributed by atoms with Gasteiger partial charge in [0.1, 0.15) is 13.2 Å². The maximum Gasteiger partial charge on any atom is 0.390 e. The Hall–Kier alpha value is -2.12. The number of ether oxygens (including phenoxy) is 2. The molecule has 5 nitrogen and oxygen atoms in total. The fourth-order valence-electron chi connectivity index (χ4n) is 3.79. The van der Waals surface area contributed by atoms with Crippen molar-refractivity contribution in [3.05, 3.63) is 23.8 Å². The van der Waals surface area contributed by atoms with Crippen LogP contribution in [0.15, 0.2) is 23.2 Å². The van der Waals surface area contributed by atoms with Crippen LogP contribution in [-0.4, -0.2) is 45.5 Å². The summed E-state index contributed by atoms with van der Waals surface area (Å²) in [6.45, 7) is 1.51. The lowest BCUT2D eigenvalue weighted by Gasteiger charge is -2.32. The highest BCUT2D eigenvalue weighted by atomic mass is 19.4. The number of nitrogens with zero attached hydrogens (tertiary/aromatic N) is 1. The SMILES string of the molecule is CN=C(NCCC(F)(F)F)NCC1(c2ccc3c(c2)OCCO3)CCCC1. The molecule has 0 unspecified atom stereocenters. The topological polar surface area (TPSA) is 54.9 Å². The second kappa shape index (κ2) is 8.27. The fraction of sp³-hybridized carbons (Fsp3) is 0.632. The Morgan fingerprint density at radius 1 is 1.11 bits per heavy atom. The van der Waals surface area contributed by atoms with Gasteiger partial charge < -0.3 is 20.1 Å². The number of guanidine groups is 1. The van der Waals surface area contributed by atoms with Gasteiger partial charge in [-0.3, -0.25) is 4.99 Å². The first-order valence-corrected chi connectivity index (χ1v) is 9.33. The first-order chi connectivity index (χ1) is 12.9. The van der Waals surface area contributed by atoms with Crippen molar-refractivity contribution in [3.63, 3.8) is 0 Å². The van der Waals surface area contributed by atoms with Crippen molar-refractivity contribution in [1.82, 2.24) is 10.6 Å². The number of nitrogens with one attached hydrogen (secondary N) is 2. The molecule has 27 heavy (non-hydrogen) atoms. The maximum atomic E-state index is 12.3. The number of halogens is 3. The van der Waals surface area contributed by atoms with Crippen LogP contribution in [-0.2, 0) is 5.41 Å². The van der Waals surface area contributed by atoms with E-state index in [1.165, 1.54) is 5.56 Å². The number of fused-ring (bicyclic) bond motifs is 1. The van der Waals surface area contributed by atoms with Crippen LogP contribution in [0.3, 0.4) is 0 Å². The fourth-order valence-corrected chi connectivity index (χ4v) is 3.79. The van der Waals surface area contributed by atoms with E-state index in [2.05, 4.69) is 21.7 Å². The summed E-state index contributed by atoms with van der Waals surface area (Å²) in [5, 5.41) is 5.96. The normalized spacial score (nSPS) is 19.0. The van der Waals surface area contributed by atoms with Gasteiger partial charge in [0.15, 0.2) is 17.5 Å². The molecular formula is C19H26F3N3O2. The summed E-state index contributed by atoms with van der Waals surface area (Å²) in [6, 6.07) is 6.06. The van der Waals surface area contributed by atoms with Gasteiger partial charge in [-0.05, 0) is 30.5 Å². The zero-order valence-corrected chi connectivity index (χ0v) is 15.5. The summed E-state index contributed by atoms with van der Waals surface area (Å²) in [7, 11) is 1.56. The number of alkyl halides is 3. The van der Waals surface area contributed by atoms with Crippen LogP contribution >= 0.6 is 0 Å². The second-order valence-electron chi connectivity index (χ2n) is 7.06. The molecule has 0 amide bonds. The van der Waals surface area contributed by atoms with E-state index in [4.69, 9.17) is 9.47 Å². The third-order valence-electron chi connectivity index (χ3n) is 5.23. The molecule has 1 aliphatic carbocycles. The summed E-state index contributed by atoms with van der Waals surface area (Å²) < 4.78 is 48.3. The predicted octanol–water partition coefficient (Wildman–Crippen LogP) is 3.39. The number of hydrogen-bond acceptors (Lipinski definition) is 3. The zero-order valence-electron chi connectivity index (χ0n) is 15.5. The number of hydrogen-bond donors (Lipinski definition) is 2. The van der Waals surface area contributed by atoms with E-state index in [0.29, 0.717) is 25.7 Å². The zero-order chi connectivity index (χ0) is 19.3. The van der Waals surface area contributed by atoms with Crippen LogP contribution in [0.2, 0.25) is 0 Å². The van der Waals surface area contributed by atoms with Gasteiger partial charge in [-0.2, -0.15) is 13.2 Å². The Bertz CT molecular complexity index is 671. The summed E-state index contributed by atoms with van der Waals surface area (Å²) in [6.07, 6.45) is -0.796. The van der Waals surface area contributed by atoms with Crippen molar-refractivity contribution in [2.24, 2.45) is 4.99 Å². The van der Waals surface area contributed by atoms with Crippen molar-refractivity contribution in [3.8, 4) is 11.5 Å². The molecule has 1 heterocycles. The molecule has 2 N–H and O–H groups in total. The smallest absolute Gasteiger partial charge is 0.390 e. The molecule has 0 aromatic heterocycles. The molecule has 1 aliphatic heterocycles. The van der Waals surface area contributed by atoms with E-state index < -0.39 is 12.6 Å². The van der Waals surface area contributed by atoms with Crippen LogP contribution in [0.25, 0.3) is 0 Å². The molecule has 3 rings (SSSR count). The van der Waals surface area contributed by atoms with Gasteiger partial charge in [0, 0.05) is 25.6 Å². The molecule has 1 aromatic carbocycles. The average molecular weight is 385 g/mol. The molecule has 0 atom stereocenters. The highest BCUT2D eigenvalue weighted by Crippen LogP contribution is 2.43. The summed E-state index contributed by atoms with van der Waals surface area (Å²) in [4.78, 5) is 4.05. The Balaban J connectivity index is 1.66. The lowest BCUT2D eigenvalue weighted by molar-refractivity contribution is -0.132.